The number of pyridine rings is 1. The van der Waals surface area contributed by atoms with Crippen LogP contribution in [0.15, 0.2) is 78.9 Å². The van der Waals surface area contributed by atoms with E-state index in [0.29, 0.717) is 11.7 Å². The molecule has 4 aromatic rings. The Hall–Kier alpha value is -4.14. The molecule has 1 aromatic heterocycles. The third-order valence-electron chi connectivity index (χ3n) is 6.32. The van der Waals surface area contributed by atoms with Crippen LogP contribution in [-0.4, -0.2) is 46.3 Å². The second-order valence-corrected chi connectivity index (χ2v) is 8.94. The first-order valence-corrected chi connectivity index (χ1v) is 11.9. The lowest BCUT2D eigenvalue weighted by molar-refractivity contribution is -0.192. The molecular weight excluding hydrogens is 483 g/mol. The molecule has 1 aliphatic rings. The van der Waals surface area contributed by atoms with Gasteiger partial charge in [0.2, 0.25) is 0 Å². The molecular formula is C28H26F3N3O3. The molecule has 1 aliphatic heterocycles. The molecule has 0 spiro atoms. The Morgan fingerprint density at radius 1 is 0.892 bits per heavy atom. The number of nitrogens with zero attached hydrogens (tertiary/aromatic N) is 2. The first-order valence-electron chi connectivity index (χ1n) is 11.9. The largest absolute Gasteiger partial charge is 0.490 e. The number of piperidine rings is 1. The number of aromatic nitrogens is 1. The molecule has 3 aromatic carbocycles. The van der Waals surface area contributed by atoms with E-state index in [4.69, 9.17) is 9.90 Å². The fourth-order valence-corrected chi connectivity index (χ4v) is 4.36. The summed E-state index contributed by atoms with van der Waals surface area (Å²) >= 11 is 0. The van der Waals surface area contributed by atoms with Gasteiger partial charge in [0.15, 0.2) is 0 Å². The molecule has 1 fully saturated rings. The Bertz CT molecular complexity index is 1400. The molecule has 37 heavy (non-hydrogen) atoms. The second-order valence-electron chi connectivity index (χ2n) is 8.94. The third kappa shape index (κ3) is 6.97. The normalized spacial score (nSPS) is 14.2. The number of para-hydroxylation sites is 1. The molecule has 2 amide bonds. The molecule has 2 N–H and O–H groups in total. The van der Waals surface area contributed by atoms with Gasteiger partial charge in [-0.15, -0.1) is 0 Å². The maximum atomic E-state index is 12.7. The van der Waals surface area contributed by atoms with Crippen LogP contribution in [0.1, 0.15) is 18.4 Å². The van der Waals surface area contributed by atoms with Crippen LogP contribution in [0, 0.1) is 5.92 Å². The second kappa shape index (κ2) is 11.3. The van der Waals surface area contributed by atoms with Gasteiger partial charge in [-0.1, -0.05) is 60.7 Å². The van der Waals surface area contributed by atoms with Gasteiger partial charge in [-0.05, 0) is 59.7 Å². The molecule has 0 saturated carbocycles. The van der Waals surface area contributed by atoms with Gasteiger partial charge in [0.25, 0.3) is 0 Å². The van der Waals surface area contributed by atoms with Crippen molar-refractivity contribution in [3.63, 3.8) is 0 Å². The number of fused-ring (bicyclic) bond motifs is 2. The summed E-state index contributed by atoms with van der Waals surface area (Å²) in [5, 5.41) is 13.8. The van der Waals surface area contributed by atoms with Crippen LogP contribution in [0.2, 0.25) is 0 Å². The van der Waals surface area contributed by atoms with Gasteiger partial charge in [0.1, 0.15) is 5.82 Å². The van der Waals surface area contributed by atoms with Gasteiger partial charge >= 0.3 is 18.2 Å². The number of halogens is 3. The highest BCUT2D eigenvalue weighted by Gasteiger charge is 2.38. The Morgan fingerprint density at radius 2 is 1.49 bits per heavy atom. The molecule has 5 rings (SSSR count). The SMILES string of the molecule is O=C(Nc1ccc2ccccc2n1)N1CCC(Cc2ccc3ccccc3c2)CC1.O=C(O)C(F)(F)F. The van der Waals surface area contributed by atoms with Crippen molar-refractivity contribution < 1.29 is 27.9 Å². The number of carbonyl (C=O) groups is 2. The van der Waals surface area contributed by atoms with E-state index in [9.17, 15) is 18.0 Å². The lowest BCUT2D eigenvalue weighted by Crippen LogP contribution is -2.41. The molecule has 192 valence electrons. The minimum Gasteiger partial charge on any atom is -0.475 e. The van der Waals surface area contributed by atoms with Crippen molar-refractivity contribution in [2.75, 3.05) is 18.4 Å². The van der Waals surface area contributed by atoms with Crippen LogP contribution in [0.4, 0.5) is 23.8 Å². The van der Waals surface area contributed by atoms with Crippen LogP contribution < -0.4 is 5.32 Å². The van der Waals surface area contributed by atoms with E-state index in [0.717, 1.165) is 43.3 Å². The van der Waals surface area contributed by atoms with Crippen molar-refractivity contribution in [1.82, 2.24) is 9.88 Å². The number of hydrogen-bond donors (Lipinski definition) is 2. The summed E-state index contributed by atoms with van der Waals surface area (Å²) in [4.78, 5) is 28.0. The molecule has 0 radical (unpaired) electrons. The quantitative estimate of drug-likeness (QED) is 0.330. The van der Waals surface area contributed by atoms with E-state index in [1.807, 2.05) is 41.3 Å². The number of benzene rings is 3. The first-order chi connectivity index (χ1) is 17.7. The van der Waals surface area contributed by atoms with E-state index < -0.39 is 12.1 Å². The lowest BCUT2D eigenvalue weighted by atomic mass is 9.89. The molecule has 9 heteroatoms. The Kier molecular flexibility index (Phi) is 7.91. The number of amides is 2. The summed E-state index contributed by atoms with van der Waals surface area (Å²) in [5.41, 5.74) is 2.28. The number of alkyl halides is 3. The number of carbonyl (C=O) groups excluding carboxylic acids is 1. The number of rotatable bonds is 3. The van der Waals surface area contributed by atoms with Gasteiger partial charge in [-0.25, -0.2) is 14.6 Å². The maximum Gasteiger partial charge on any atom is 0.490 e. The maximum absolute atomic E-state index is 12.7. The highest BCUT2D eigenvalue weighted by molar-refractivity contribution is 5.90. The molecule has 2 heterocycles. The van der Waals surface area contributed by atoms with Crippen molar-refractivity contribution in [3.8, 4) is 0 Å². The van der Waals surface area contributed by atoms with Gasteiger partial charge in [0.05, 0.1) is 5.52 Å². The molecule has 0 aliphatic carbocycles. The van der Waals surface area contributed by atoms with Gasteiger partial charge < -0.3 is 10.0 Å². The third-order valence-corrected chi connectivity index (χ3v) is 6.32. The number of carboxylic acids is 1. The summed E-state index contributed by atoms with van der Waals surface area (Å²) < 4.78 is 31.7. The van der Waals surface area contributed by atoms with Crippen LogP contribution in [0.25, 0.3) is 21.7 Å². The predicted molar refractivity (Wildman–Crippen MR) is 136 cm³/mol. The topological polar surface area (TPSA) is 82.5 Å². The highest BCUT2D eigenvalue weighted by Crippen LogP contribution is 2.25. The van der Waals surface area contributed by atoms with Crippen LogP contribution in [0.5, 0.6) is 0 Å². The number of likely N-dealkylation sites (tertiary alicyclic amines) is 1. The van der Waals surface area contributed by atoms with E-state index in [1.54, 1.807) is 0 Å². The van der Waals surface area contributed by atoms with Crippen LogP contribution in [-0.2, 0) is 11.2 Å². The Morgan fingerprint density at radius 3 is 2.16 bits per heavy atom. The number of carboxylic acid groups (broad SMARTS) is 1. The van der Waals surface area contributed by atoms with Gasteiger partial charge in [0, 0.05) is 18.5 Å². The van der Waals surface area contributed by atoms with Crippen molar-refractivity contribution in [2.24, 2.45) is 5.92 Å². The van der Waals surface area contributed by atoms with Crippen LogP contribution in [0.3, 0.4) is 0 Å². The zero-order valence-corrected chi connectivity index (χ0v) is 19.9. The highest BCUT2D eigenvalue weighted by atomic mass is 19.4. The van der Waals surface area contributed by atoms with Crippen molar-refractivity contribution >= 4 is 39.5 Å². The number of aliphatic carboxylic acids is 1. The lowest BCUT2D eigenvalue weighted by Gasteiger charge is -2.32. The fraction of sp³-hybridized carbons (Fsp3) is 0.250. The summed E-state index contributed by atoms with van der Waals surface area (Å²) in [7, 11) is 0. The molecule has 0 atom stereocenters. The summed E-state index contributed by atoms with van der Waals surface area (Å²) in [6, 6.07) is 27.0. The molecule has 0 bridgehead atoms. The van der Waals surface area contributed by atoms with Crippen LogP contribution >= 0.6 is 0 Å². The number of hydrogen-bond acceptors (Lipinski definition) is 3. The number of urea groups is 1. The van der Waals surface area contributed by atoms with E-state index in [2.05, 4.69) is 52.8 Å². The smallest absolute Gasteiger partial charge is 0.475 e. The van der Waals surface area contributed by atoms with Crippen molar-refractivity contribution in [3.05, 3.63) is 84.4 Å². The van der Waals surface area contributed by atoms with Gasteiger partial charge in [-0.3, -0.25) is 5.32 Å². The van der Waals surface area contributed by atoms with E-state index >= 15 is 0 Å². The monoisotopic (exact) mass is 509 g/mol. The fourth-order valence-electron chi connectivity index (χ4n) is 4.36. The standard InChI is InChI=1S/C26H25N3O.C2HF3O2/c30-26(28-25-12-11-22-6-3-4-8-24(22)27-25)29-15-13-19(14-16-29)17-20-9-10-21-5-1-2-7-23(21)18-20;3-2(4,5)1(6)7/h1-12,18-19H,13-17H2,(H,27,28,30);(H,6,7). The van der Waals surface area contributed by atoms with E-state index in [-0.39, 0.29) is 6.03 Å². The molecule has 1 saturated heterocycles. The minimum atomic E-state index is -5.08. The molecule has 6 nitrogen and oxygen atoms in total. The summed E-state index contributed by atoms with van der Waals surface area (Å²) in [6.07, 6.45) is -1.94. The average Bonchev–Trinajstić information content (AvgIpc) is 2.89. The zero-order chi connectivity index (χ0) is 26.4. The first kappa shape index (κ1) is 25.9. The average molecular weight is 510 g/mol. The van der Waals surface area contributed by atoms with E-state index in [1.165, 1.54) is 16.3 Å². The number of anilines is 1. The Balaban J connectivity index is 0.000000405. The Labute approximate surface area is 211 Å². The predicted octanol–water partition coefficient (Wildman–Crippen LogP) is 6.51. The summed E-state index contributed by atoms with van der Waals surface area (Å²) in [6.45, 7) is 1.58. The summed E-state index contributed by atoms with van der Waals surface area (Å²) in [5.74, 6) is -1.53. The van der Waals surface area contributed by atoms with Crippen molar-refractivity contribution in [2.45, 2.75) is 25.4 Å². The number of nitrogens with one attached hydrogen (secondary N) is 1. The minimum absolute atomic E-state index is 0.0538. The van der Waals surface area contributed by atoms with Gasteiger partial charge in [-0.2, -0.15) is 13.2 Å². The van der Waals surface area contributed by atoms with Crippen molar-refractivity contribution in [1.29, 1.82) is 0 Å². The molecule has 0 unspecified atom stereocenters. The zero-order valence-electron chi connectivity index (χ0n) is 19.9.